The Balaban J connectivity index is 1.82. The van der Waals surface area contributed by atoms with Gasteiger partial charge in [0.2, 0.25) is 0 Å². The number of rotatable bonds is 6. The van der Waals surface area contributed by atoms with E-state index in [9.17, 15) is 13.2 Å². The molecule has 1 aliphatic heterocycles. The lowest BCUT2D eigenvalue weighted by Gasteiger charge is -2.15. The molecule has 0 saturated carbocycles. The summed E-state index contributed by atoms with van der Waals surface area (Å²) in [5.74, 6) is 0.0819. The Bertz CT molecular complexity index is 462. The van der Waals surface area contributed by atoms with Crippen LogP contribution in [0.15, 0.2) is 22.7 Å². The molecule has 0 bridgehead atoms. The zero-order valence-electron chi connectivity index (χ0n) is 11.5. The summed E-state index contributed by atoms with van der Waals surface area (Å²) in [7, 11) is 0. The Morgan fingerprint density at radius 2 is 1.90 bits per heavy atom. The maximum atomic E-state index is 12.2. The molecule has 0 N–H and O–H groups in total. The zero-order chi connectivity index (χ0) is 15.3. The fourth-order valence-corrected chi connectivity index (χ4v) is 2.63. The van der Waals surface area contributed by atoms with Crippen molar-refractivity contribution in [3.63, 3.8) is 0 Å². The molecule has 118 valence electrons. The second-order valence-electron chi connectivity index (χ2n) is 4.89. The van der Waals surface area contributed by atoms with Crippen LogP contribution in [0.4, 0.5) is 13.2 Å². The fraction of sp³-hybridized carbons (Fsp3) is 0.571. The quantitative estimate of drug-likeness (QED) is 0.703. The molecule has 0 unspecified atom stereocenters. The van der Waals surface area contributed by atoms with E-state index >= 15 is 0 Å². The molecule has 0 spiro atoms. The molecule has 1 heterocycles. The van der Waals surface area contributed by atoms with Crippen LogP contribution in [0.5, 0.6) is 11.5 Å². The first-order valence-corrected chi connectivity index (χ1v) is 7.64. The van der Waals surface area contributed by atoms with Crippen molar-refractivity contribution >= 4 is 15.9 Å². The SMILES string of the molecule is FC(F)(F)Oc1ccc(Br)c(OCCCN2CCCC2)c1. The summed E-state index contributed by atoms with van der Waals surface area (Å²) < 4.78 is 46.5. The molecule has 1 aromatic rings. The number of ether oxygens (including phenoxy) is 2. The van der Waals surface area contributed by atoms with Crippen LogP contribution in [0.2, 0.25) is 0 Å². The van der Waals surface area contributed by atoms with Crippen LogP contribution >= 0.6 is 15.9 Å². The summed E-state index contributed by atoms with van der Waals surface area (Å²) >= 11 is 3.26. The van der Waals surface area contributed by atoms with Gasteiger partial charge < -0.3 is 14.4 Å². The molecule has 0 amide bonds. The van der Waals surface area contributed by atoms with Crippen LogP contribution in [0.25, 0.3) is 0 Å². The number of halogens is 4. The highest BCUT2D eigenvalue weighted by Gasteiger charge is 2.31. The van der Waals surface area contributed by atoms with Gasteiger partial charge >= 0.3 is 6.36 Å². The van der Waals surface area contributed by atoms with Crippen LogP contribution in [-0.2, 0) is 0 Å². The van der Waals surface area contributed by atoms with Gasteiger partial charge in [0, 0.05) is 12.6 Å². The Morgan fingerprint density at radius 3 is 2.57 bits per heavy atom. The third-order valence-electron chi connectivity index (χ3n) is 3.21. The molecular weight excluding hydrogens is 351 g/mol. The molecule has 3 nitrogen and oxygen atoms in total. The predicted octanol–water partition coefficient (Wildman–Crippen LogP) is 4.21. The van der Waals surface area contributed by atoms with Crippen LogP contribution < -0.4 is 9.47 Å². The Hall–Kier alpha value is -0.950. The lowest BCUT2D eigenvalue weighted by molar-refractivity contribution is -0.274. The second kappa shape index (κ2) is 7.35. The number of hydrogen-bond donors (Lipinski definition) is 0. The zero-order valence-corrected chi connectivity index (χ0v) is 13.0. The van der Waals surface area contributed by atoms with Crippen LogP contribution in [0.3, 0.4) is 0 Å². The minimum Gasteiger partial charge on any atom is -0.492 e. The fourth-order valence-electron chi connectivity index (χ4n) is 2.27. The van der Waals surface area contributed by atoms with E-state index < -0.39 is 6.36 Å². The first-order valence-electron chi connectivity index (χ1n) is 6.84. The van der Waals surface area contributed by atoms with Gasteiger partial charge in [0.05, 0.1) is 11.1 Å². The highest BCUT2D eigenvalue weighted by Crippen LogP contribution is 2.32. The average Bonchev–Trinajstić information content (AvgIpc) is 2.89. The lowest BCUT2D eigenvalue weighted by Crippen LogP contribution is -2.22. The largest absolute Gasteiger partial charge is 0.573 e. The molecule has 7 heteroatoms. The van der Waals surface area contributed by atoms with E-state index in [-0.39, 0.29) is 5.75 Å². The highest BCUT2D eigenvalue weighted by molar-refractivity contribution is 9.10. The predicted molar refractivity (Wildman–Crippen MR) is 76.6 cm³/mol. The van der Waals surface area contributed by atoms with Crippen molar-refractivity contribution in [2.45, 2.75) is 25.6 Å². The third-order valence-corrected chi connectivity index (χ3v) is 3.87. The Morgan fingerprint density at radius 1 is 1.19 bits per heavy atom. The van der Waals surface area contributed by atoms with E-state index in [4.69, 9.17) is 4.74 Å². The summed E-state index contributed by atoms with van der Waals surface area (Å²) in [6.07, 6.45) is -1.37. The minimum absolute atomic E-state index is 0.278. The van der Waals surface area contributed by atoms with E-state index in [0.29, 0.717) is 16.8 Å². The van der Waals surface area contributed by atoms with Crippen molar-refractivity contribution in [3.8, 4) is 11.5 Å². The van der Waals surface area contributed by atoms with E-state index in [0.717, 1.165) is 26.1 Å². The number of alkyl halides is 3. The van der Waals surface area contributed by atoms with Crippen LogP contribution in [-0.4, -0.2) is 37.5 Å². The summed E-state index contributed by atoms with van der Waals surface area (Å²) in [6, 6.07) is 3.97. The van der Waals surface area contributed by atoms with Gasteiger partial charge in [-0.1, -0.05) is 0 Å². The van der Waals surface area contributed by atoms with Gasteiger partial charge in [-0.2, -0.15) is 0 Å². The highest BCUT2D eigenvalue weighted by atomic mass is 79.9. The maximum absolute atomic E-state index is 12.2. The van der Waals surface area contributed by atoms with Gasteiger partial charge in [-0.3, -0.25) is 0 Å². The van der Waals surface area contributed by atoms with Crippen molar-refractivity contribution in [1.82, 2.24) is 4.90 Å². The van der Waals surface area contributed by atoms with Gasteiger partial charge in [0.15, 0.2) is 0 Å². The standard InChI is InChI=1S/C14H17BrF3NO2/c15-12-5-4-11(21-14(16,17)18)10-13(12)20-9-3-8-19-6-1-2-7-19/h4-5,10H,1-3,6-9H2. The van der Waals surface area contributed by atoms with E-state index in [1.807, 2.05) is 0 Å². The number of nitrogens with zero attached hydrogens (tertiary/aromatic N) is 1. The summed E-state index contributed by atoms with van der Waals surface area (Å²) in [4.78, 5) is 2.36. The van der Waals surface area contributed by atoms with Crippen molar-refractivity contribution in [1.29, 1.82) is 0 Å². The second-order valence-corrected chi connectivity index (χ2v) is 5.75. The molecule has 2 rings (SSSR count). The number of likely N-dealkylation sites (tertiary alicyclic amines) is 1. The minimum atomic E-state index is -4.69. The molecule has 0 aliphatic carbocycles. The molecular formula is C14H17BrF3NO2. The molecule has 1 saturated heterocycles. The third kappa shape index (κ3) is 5.74. The van der Waals surface area contributed by atoms with Gasteiger partial charge in [-0.15, -0.1) is 13.2 Å². The van der Waals surface area contributed by atoms with Crippen LogP contribution in [0.1, 0.15) is 19.3 Å². The van der Waals surface area contributed by atoms with Crippen molar-refractivity contribution in [2.75, 3.05) is 26.2 Å². The number of benzene rings is 1. The molecule has 1 aromatic carbocycles. The molecule has 21 heavy (non-hydrogen) atoms. The summed E-state index contributed by atoms with van der Waals surface area (Å²) in [5, 5.41) is 0. The van der Waals surface area contributed by atoms with Crippen LogP contribution in [0, 0.1) is 0 Å². The van der Waals surface area contributed by atoms with Gasteiger partial charge in [-0.25, -0.2) is 0 Å². The molecule has 1 aliphatic rings. The van der Waals surface area contributed by atoms with E-state index in [1.54, 1.807) is 0 Å². The van der Waals surface area contributed by atoms with Crippen molar-refractivity contribution in [3.05, 3.63) is 22.7 Å². The Labute approximate surface area is 130 Å². The molecule has 0 radical (unpaired) electrons. The summed E-state index contributed by atoms with van der Waals surface area (Å²) in [5.41, 5.74) is 0. The summed E-state index contributed by atoms with van der Waals surface area (Å²) in [6.45, 7) is 3.66. The monoisotopic (exact) mass is 367 g/mol. The molecule has 1 fully saturated rings. The van der Waals surface area contributed by atoms with Gasteiger partial charge in [-0.05, 0) is 60.4 Å². The Kier molecular flexibility index (Phi) is 5.75. The van der Waals surface area contributed by atoms with E-state index in [1.165, 1.54) is 31.0 Å². The normalized spacial score (nSPS) is 16.2. The van der Waals surface area contributed by atoms with Crippen molar-refractivity contribution in [2.24, 2.45) is 0 Å². The maximum Gasteiger partial charge on any atom is 0.573 e. The van der Waals surface area contributed by atoms with Gasteiger partial charge in [0.25, 0.3) is 0 Å². The smallest absolute Gasteiger partial charge is 0.492 e. The first-order chi connectivity index (χ1) is 9.94. The lowest BCUT2D eigenvalue weighted by atomic mass is 10.3. The topological polar surface area (TPSA) is 21.7 Å². The average molecular weight is 368 g/mol. The van der Waals surface area contributed by atoms with Crippen molar-refractivity contribution < 1.29 is 22.6 Å². The van der Waals surface area contributed by atoms with E-state index in [2.05, 4.69) is 25.6 Å². The first kappa shape index (κ1) is 16.4. The van der Waals surface area contributed by atoms with Gasteiger partial charge in [0.1, 0.15) is 11.5 Å². The molecule has 0 aromatic heterocycles. The molecule has 0 atom stereocenters. The number of hydrogen-bond acceptors (Lipinski definition) is 3.